The van der Waals surface area contributed by atoms with Gasteiger partial charge in [0.05, 0.1) is 18.0 Å². The third-order valence-corrected chi connectivity index (χ3v) is 4.06. The molecule has 1 amide bonds. The second-order valence-corrected chi connectivity index (χ2v) is 6.08. The highest BCUT2D eigenvalue weighted by Gasteiger charge is 2.09. The van der Waals surface area contributed by atoms with E-state index < -0.39 is 0 Å². The van der Waals surface area contributed by atoms with Crippen LogP contribution in [0.25, 0.3) is 0 Å². The van der Waals surface area contributed by atoms with Crippen molar-refractivity contribution in [2.24, 2.45) is 0 Å². The number of alkyl halides is 1. The maximum Gasteiger partial charge on any atom is 0.231 e. The van der Waals surface area contributed by atoms with Crippen LogP contribution in [0, 0.1) is 0 Å². The maximum atomic E-state index is 12.0. The normalized spacial score (nSPS) is 10.8. The molecule has 0 unspecified atom stereocenters. The average molecular weight is 309 g/mol. The monoisotopic (exact) mass is 308 g/mol. The number of nitrogens with zero attached hydrogens (tertiary/aromatic N) is 1. The van der Waals surface area contributed by atoms with Gasteiger partial charge in [-0.05, 0) is 23.6 Å². The molecule has 0 spiro atoms. The fraction of sp³-hybridized carbons (Fsp3) is 0.333. The Morgan fingerprint density at radius 2 is 2.25 bits per heavy atom. The first-order valence-corrected chi connectivity index (χ1v) is 7.89. The van der Waals surface area contributed by atoms with Gasteiger partial charge in [0, 0.05) is 11.1 Å². The van der Waals surface area contributed by atoms with Crippen molar-refractivity contribution >= 4 is 34.5 Å². The Morgan fingerprint density at radius 3 is 2.90 bits per heavy atom. The van der Waals surface area contributed by atoms with Gasteiger partial charge in [-0.3, -0.25) is 4.79 Å². The van der Waals surface area contributed by atoms with Gasteiger partial charge in [-0.1, -0.05) is 26.0 Å². The lowest BCUT2D eigenvalue weighted by atomic mass is 10.0. The molecule has 0 radical (unpaired) electrons. The standard InChI is InChI=1S/C15H17ClN2OS/c1-10(2)11-4-3-5-12(6-11)17-14(19)7-15-18-13(8-16)9-20-15/h3-6,9-10H,7-8H2,1-2H3,(H,17,19). The van der Waals surface area contributed by atoms with Gasteiger partial charge in [0.25, 0.3) is 0 Å². The molecule has 0 saturated heterocycles. The lowest BCUT2D eigenvalue weighted by molar-refractivity contribution is -0.115. The van der Waals surface area contributed by atoms with Crippen LogP contribution in [0.3, 0.4) is 0 Å². The van der Waals surface area contributed by atoms with Crippen LogP contribution in [0.1, 0.15) is 36.0 Å². The molecule has 2 aromatic rings. The Kier molecular flexibility index (Phi) is 5.15. The molecular formula is C15H17ClN2OS. The summed E-state index contributed by atoms with van der Waals surface area (Å²) in [4.78, 5) is 16.3. The molecule has 0 aliphatic carbocycles. The number of carbonyl (C=O) groups is 1. The van der Waals surface area contributed by atoms with Crippen LogP contribution in [-0.4, -0.2) is 10.9 Å². The fourth-order valence-electron chi connectivity index (χ4n) is 1.81. The van der Waals surface area contributed by atoms with Crippen molar-refractivity contribution in [1.29, 1.82) is 0 Å². The Balaban J connectivity index is 1.99. The lowest BCUT2D eigenvalue weighted by Crippen LogP contribution is -2.14. The van der Waals surface area contributed by atoms with Gasteiger partial charge < -0.3 is 5.32 Å². The van der Waals surface area contributed by atoms with Crippen molar-refractivity contribution in [2.45, 2.75) is 32.1 Å². The number of aromatic nitrogens is 1. The predicted molar refractivity (Wildman–Crippen MR) is 84.5 cm³/mol. The molecule has 1 aromatic carbocycles. The number of anilines is 1. The first-order chi connectivity index (χ1) is 9.58. The molecule has 106 valence electrons. The lowest BCUT2D eigenvalue weighted by Gasteiger charge is -2.09. The molecule has 0 atom stereocenters. The number of rotatable bonds is 5. The quantitative estimate of drug-likeness (QED) is 0.842. The second-order valence-electron chi connectivity index (χ2n) is 4.87. The van der Waals surface area contributed by atoms with Crippen LogP contribution in [-0.2, 0) is 17.1 Å². The van der Waals surface area contributed by atoms with E-state index in [9.17, 15) is 4.79 Å². The van der Waals surface area contributed by atoms with E-state index in [0.717, 1.165) is 16.4 Å². The summed E-state index contributed by atoms with van der Waals surface area (Å²) in [5.74, 6) is 0.771. The highest BCUT2D eigenvalue weighted by atomic mass is 35.5. The molecule has 0 aliphatic rings. The van der Waals surface area contributed by atoms with E-state index >= 15 is 0 Å². The van der Waals surface area contributed by atoms with Crippen molar-refractivity contribution in [3.05, 3.63) is 45.9 Å². The summed E-state index contributed by atoms with van der Waals surface area (Å²) in [6.07, 6.45) is 0.285. The Morgan fingerprint density at radius 1 is 1.45 bits per heavy atom. The van der Waals surface area contributed by atoms with E-state index in [1.807, 2.05) is 23.6 Å². The van der Waals surface area contributed by atoms with Gasteiger partial charge in [0.2, 0.25) is 5.91 Å². The Labute approximate surface area is 128 Å². The summed E-state index contributed by atoms with van der Waals surface area (Å²) in [6.45, 7) is 4.26. The summed E-state index contributed by atoms with van der Waals surface area (Å²) < 4.78 is 0. The first-order valence-electron chi connectivity index (χ1n) is 6.47. The van der Waals surface area contributed by atoms with Crippen LogP contribution >= 0.6 is 22.9 Å². The molecule has 1 aromatic heterocycles. The van der Waals surface area contributed by atoms with Gasteiger partial charge in [-0.2, -0.15) is 0 Å². The minimum atomic E-state index is -0.0543. The summed E-state index contributed by atoms with van der Waals surface area (Å²) in [5.41, 5.74) is 2.86. The predicted octanol–water partition coefficient (Wildman–Crippen LogP) is 4.19. The summed E-state index contributed by atoms with van der Waals surface area (Å²) in [7, 11) is 0. The van der Waals surface area contributed by atoms with Crippen molar-refractivity contribution in [3.8, 4) is 0 Å². The number of amides is 1. The minimum absolute atomic E-state index is 0.0543. The van der Waals surface area contributed by atoms with Crippen LogP contribution in [0.15, 0.2) is 29.6 Å². The van der Waals surface area contributed by atoms with Gasteiger partial charge in [0.1, 0.15) is 5.01 Å². The first kappa shape index (κ1) is 15.0. The summed E-state index contributed by atoms with van der Waals surface area (Å²) in [5, 5.41) is 5.58. The highest BCUT2D eigenvalue weighted by molar-refractivity contribution is 7.09. The number of halogens is 1. The van der Waals surface area contributed by atoms with Crippen molar-refractivity contribution in [1.82, 2.24) is 4.98 Å². The Hall–Kier alpha value is -1.39. The number of nitrogens with one attached hydrogen (secondary N) is 1. The third-order valence-electron chi connectivity index (χ3n) is 2.89. The average Bonchev–Trinajstić information content (AvgIpc) is 2.86. The maximum absolute atomic E-state index is 12.0. The topological polar surface area (TPSA) is 42.0 Å². The zero-order valence-corrected chi connectivity index (χ0v) is 13.1. The smallest absolute Gasteiger partial charge is 0.231 e. The van der Waals surface area contributed by atoms with Gasteiger partial charge >= 0.3 is 0 Å². The molecule has 0 saturated carbocycles. The van der Waals surface area contributed by atoms with Gasteiger partial charge in [-0.15, -0.1) is 22.9 Å². The number of thiazole rings is 1. The molecule has 0 fully saturated rings. The fourth-order valence-corrected chi connectivity index (χ4v) is 2.83. The SMILES string of the molecule is CC(C)c1cccc(NC(=O)Cc2nc(CCl)cs2)c1. The molecule has 0 bridgehead atoms. The van der Waals surface area contributed by atoms with Crippen molar-refractivity contribution < 1.29 is 4.79 Å². The minimum Gasteiger partial charge on any atom is -0.326 e. The molecule has 0 aliphatic heterocycles. The van der Waals surface area contributed by atoms with Gasteiger partial charge in [-0.25, -0.2) is 4.98 Å². The Bertz CT molecular complexity index is 595. The van der Waals surface area contributed by atoms with Crippen molar-refractivity contribution in [3.63, 3.8) is 0 Å². The number of benzene rings is 1. The van der Waals surface area contributed by atoms with Crippen molar-refractivity contribution in [2.75, 3.05) is 5.32 Å². The molecule has 3 nitrogen and oxygen atoms in total. The van der Waals surface area contributed by atoms with Crippen LogP contribution < -0.4 is 5.32 Å². The molecular weight excluding hydrogens is 292 g/mol. The van der Waals surface area contributed by atoms with E-state index in [0.29, 0.717) is 11.8 Å². The van der Waals surface area contributed by atoms with Crippen LogP contribution in [0.4, 0.5) is 5.69 Å². The van der Waals surface area contributed by atoms with E-state index in [1.54, 1.807) is 0 Å². The molecule has 2 rings (SSSR count). The number of carbonyl (C=O) groups excluding carboxylic acids is 1. The molecule has 20 heavy (non-hydrogen) atoms. The van der Waals surface area contributed by atoms with E-state index in [1.165, 1.54) is 16.9 Å². The molecule has 1 N–H and O–H groups in total. The van der Waals surface area contributed by atoms with E-state index in [-0.39, 0.29) is 12.3 Å². The highest BCUT2D eigenvalue weighted by Crippen LogP contribution is 2.19. The second kappa shape index (κ2) is 6.86. The van der Waals surface area contributed by atoms with Crippen LogP contribution in [0.5, 0.6) is 0 Å². The van der Waals surface area contributed by atoms with Crippen LogP contribution in [0.2, 0.25) is 0 Å². The molecule has 1 heterocycles. The zero-order chi connectivity index (χ0) is 14.5. The molecule has 5 heteroatoms. The van der Waals surface area contributed by atoms with E-state index in [4.69, 9.17) is 11.6 Å². The summed E-state index contributed by atoms with van der Waals surface area (Å²) in [6, 6.07) is 7.93. The number of hydrogen-bond donors (Lipinski definition) is 1. The largest absolute Gasteiger partial charge is 0.326 e. The zero-order valence-electron chi connectivity index (χ0n) is 11.5. The summed E-state index contributed by atoms with van der Waals surface area (Å²) >= 11 is 7.16. The van der Waals surface area contributed by atoms with Gasteiger partial charge in [0.15, 0.2) is 0 Å². The number of hydrogen-bond acceptors (Lipinski definition) is 3. The third kappa shape index (κ3) is 4.05. The van der Waals surface area contributed by atoms with E-state index in [2.05, 4.69) is 30.2 Å².